The number of nitrogens with one attached hydrogen (secondary N) is 1. The van der Waals surface area contributed by atoms with Gasteiger partial charge in [-0.3, -0.25) is 4.79 Å². The van der Waals surface area contributed by atoms with Crippen LogP contribution in [-0.2, 0) is 4.74 Å². The molecule has 2 heterocycles. The Morgan fingerprint density at radius 2 is 2.00 bits per heavy atom. The summed E-state index contributed by atoms with van der Waals surface area (Å²) in [4.78, 5) is 26.3. The highest BCUT2D eigenvalue weighted by Crippen LogP contribution is 2.31. The van der Waals surface area contributed by atoms with E-state index in [0.29, 0.717) is 22.8 Å². The fraction of sp³-hybridized carbons (Fsp3) is 0.125. The number of methoxy groups -OCH3 is 1. The van der Waals surface area contributed by atoms with Crippen LogP contribution in [0.2, 0.25) is 0 Å². The molecule has 2 aromatic rings. The van der Waals surface area contributed by atoms with E-state index in [0.717, 1.165) is 5.56 Å². The van der Waals surface area contributed by atoms with Crippen molar-refractivity contribution in [2.24, 2.45) is 0 Å². The molecular formula is C16H13NO4. The van der Waals surface area contributed by atoms with Crippen molar-refractivity contribution >= 4 is 17.8 Å². The van der Waals surface area contributed by atoms with Crippen molar-refractivity contribution in [3.63, 3.8) is 0 Å². The molecule has 1 aliphatic heterocycles. The van der Waals surface area contributed by atoms with E-state index in [2.05, 4.69) is 4.98 Å². The summed E-state index contributed by atoms with van der Waals surface area (Å²) < 4.78 is 10.5. The molecule has 0 aliphatic carbocycles. The number of cyclic esters (lactones) is 1. The molecule has 0 saturated heterocycles. The third-order valence-corrected chi connectivity index (χ3v) is 3.27. The lowest BCUT2D eigenvalue weighted by molar-refractivity contribution is 0.0715. The van der Waals surface area contributed by atoms with Crippen LogP contribution in [-0.4, -0.2) is 18.1 Å². The number of pyridine rings is 1. The summed E-state index contributed by atoms with van der Waals surface area (Å²) >= 11 is 0. The zero-order chi connectivity index (χ0) is 15.0. The molecule has 21 heavy (non-hydrogen) atoms. The summed E-state index contributed by atoms with van der Waals surface area (Å²) in [6, 6.07) is 9.09. The first-order valence-corrected chi connectivity index (χ1v) is 6.41. The van der Waals surface area contributed by atoms with Crippen molar-refractivity contribution in [2.75, 3.05) is 7.11 Å². The average molecular weight is 283 g/mol. The Hall–Kier alpha value is -2.82. The van der Waals surface area contributed by atoms with Gasteiger partial charge >= 0.3 is 5.97 Å². The number of carbonyl (C=O) groups is 1. The predicted octanol–water partition coefficient (Wildman–Crippen LogP) is 2.36. The van der Waals surface area contributed by atoms with Crippen LogP contribution in [0, 0.1) is 6.92 Å². The molecule has 0 fully saturated rings. The first-order chi connectivity index (χ1) is 10.1. The van der Waals surface area contributed by atoms with Gasteiger partial charge < -0.3 is 14.5 Å². The van der Waals surface area contributed by atoms with Crippen LogP contribution in [0.1, 0.15) is 27.2 Å². The Bertz CT molecular complexity index is 817. The number of esters is 1. The number of para-hydroxylation sites is 1. The van der Waals surface area contributed by atoms with Crippen LogP contribution in [0.4, 0.5) is 0 Å². The monoisotopic (exact) mass is 283 g/mol. The number of carbonyl (C=O) groups excluding carboxylic acids is 1. The molecular weight excluding hydrogens is 270 g/mol. The van der Waals surface area contributed by atoms with Crippen molar-refractivity contribution in [2.45, 2.75) is 6.92 Å². The zero-order valence-electron chi connectivity index (χ0n) is 11.6. The van der Waals surface area contributed by atoms with Crippen LogP contribution in [0.15, 0.2) is 35.1 Å². The molecule has 5 nitrogen and oxygen atoms in total. The molecule has 0 amide bonds. The number of benzene rings is 1. The second-order valence-electron chi connectivity index (χ2n) is 4.71. The van der Waals surface area contributed by atoms with E-state index in [4.69, 9.17) is 9.47 Å². The minimum Gasteiger partial charge on any atom is -0.496 e. The van der Waals surface area contributed by atoms with E-state index < -0.39 is 11.5 Å². The standard InChI is InChI=1S/C16H13NO4/c1-9-7-11-13(21-16(19)14(11)15(18)17-9)8-10-5-3-4-6-12(10)20-2/h3-8H,1-2H3,(H,17,18). The number of H-pyrrole nitrogens is 1. The molecule has 0 radical (unpaired) electrons. The van der Waals surface area contributed by atoms with Gasteiger partial charge in [0.15, 0.2) is 0 Å². The highest BCUT2D eigenvalue weighted by Gasteiger charge is 2.30. The van der Waals surface area contributed by atoms with Gasteiger partial charge in [-0.05, 0) is 25.1 Å². The molecule has 0 atom stereocenters. The number of aromatic amines is 1. The minimum absolute atomic E-state index is 0.0433. The zero-order valence-corrected chi connectivity index (χ0v) is 11.6. The Balaban J connectivity index is 2.17. The molecule has 0 spiro atoms. The van der Waals surface area contributed by atoms with Crippen LogP contribution in [0.5, 0.6) is 5.75 Å². The Labute approximate surface area is 120 Å². The Morgan fingerprint density at radius 1 is 1.24 bits per heavy atom. The summed E-state index contributed by atoms with van der Waals surface area (Å²) in [7, 11) is 1.57. The molecule has 5 heteroatoms. The number of rotatable bonds is 2. The van der Waals surface area contributed by atoms with Gasteiger partial charge in [-0.1, -0.05) is 18.2 Å². The van der Waals surface area contributed by atoms with Crippen LogP contribution in [0.3, 0.4) is 0 Å². The molecule has 0 bridgehead atoms. The quantitative estimate of drug-likeness (QED) is 0.859. The molecule has 0 saturated carbocycles. The van der Waals surface area contributed by atoms with E-state index in [1.807, 2.05) is 24.3 Å². The largest absolute Gasteiger partial charge is 0.496 e. The van der Waals surface area contributed by atoms with Crippen molar-refractivity contribution < 1.29 is 14.3 Å². The smallest absolute Gasteiger partial charge is 0.349 e. The first-order valence-electron chi connectivity index (χ1n) is 6.41. The molecule has 3 rings (SSSR count). The summed E-state index contributed by atoms with van der Waals surface area (Å²) in [5.74, 6) is 0.386. The number of fused-ring (bicyclic) bond motifs is 1. The lowest BCUT2D eigenvalue weighted by atomic mass is 10.1. The number of hydrogen-bond acceptors (Lipinski definition) is 4. The molecule has 106 valence electrons. The maximum atomic E-state index is 11.9. The predicted molar refractivity (Wildman–Crippen MR) is 78.1 cm³/mol. The van der Waals surface area contributed by atoms with Gasteiger partial charge in [-0.15, -0.1) is 0 Å². The van der Waals surface area contributed by atoms with Gasteiger partial charge in [0, 0.05) is 16.8 Å². The van der Waals surface area contributed by atoms with E-state index in [-0.39, 0.29) is 5.56 Å². The fourth-order valence-electron chi connectivity index (χ4n) is 2.33. The SMILES string of the molecule is COc1ccccc1C=C1OC(=O)c2c1cc(C)[nH]c2=O. The third-order valence-electron chi connectivity index (χ3n) is 3.27. The molecule has 1 N–H and O–H groups in total. The minimum atomic E-state index is -0.632. The van der Waals surface area contributed by atoms with Crippen LogP contribution in [0.25, 0.3) is 11.8 Å². The maximum Gasteiger partial charge on any atom is 0.349 e. The summed E-state index contributed by atoms with van der Waals surface area (Å²) in [5, 5.41) is 0. The molecule has 1 aromatic carbocycles. The van der Waals surface area contributed by atoms with Gasteiger partial charge in [0.05, 0.1) is 7.11 Å². The van der Waals surface area contributed by atoms with Crippen molar-refractivity contribution in [1.29, 1.82) is 0 Å². The number of ether oxygens (including phenoxy) is 2. The first kappa shape index (κ1) is 13.2. The number of hydrogen-bond donors (Lipinski definition) is 1. The maximum absolute atomic E-state index is 11.9. The molecule has 0 unspecified atom stereocenters. The number of aryl methyl sites for hydroxylation is 1. The normalized spacial score (nSPS) is 15.0. The molecule has 1 aliphatic rings. The number of aromatic nitrogens is 1. The van der Waals surface area contributed by atoms with Gasteiger partial charge in [0.25, 0.3) is 5.56 Å². The van der Waals surface area contributed by atoms with Gasteiger partial charge in [-0.25, -0.2) is 4.79 Å². The van der Waals surface area contributed by atoms with E-state index in [9.17, 15) is 9.59 Å². The van der Waals surface area contributed by atoms with E-state index in [1.165, 1.54) is 0 Å². The van der Waals surface area contributed by atoms with Crippen molar-refractivity contribution in [3.8, 4) is 5.75 Å². The summed E-state index contributed by atoms with van der Waals surface area (Å²) in [5.41, 5.74) is 1.56. The highest BCUT2D eigenvalue weighted by atomic mass is 16.5. The van der Waals surface area contributed by atoms with Gasteiger partial charge in [-0.2, -0.15) is 0 Å². The Morgan fingerprint density at radius 3 is 2.76 bits per heavy atom. The summed E-state index contributed by atoms with van der Waals surface area (Å²) in [6.07, 6.45) is 1.70. The van der Waals surface area contributed by atoms with Crippen molar-refractivity contribution in [3.05, 3.63) is 63.1 Å². The van der Waals surface area contributed by atoms with E-state index in [1.54, 1.807) is 26.2 Å². The Kier molecular flexibility index (Phi) is 3.10. The van der Waals surface area contributed by atoms with Crippen LogP contribution >= 0.6 is 0 Å². The topological polar surface area (TPSA) is 68.4 Å². The van der Waals surface area contributed by atoms with Gasteiger partial charge in [0.1, 0.15) is 17.1 Å². The fourth-order valence-corrected chi connectivity index (χ4v) is 2.33. The second-order valence-corrected chi connectivity index (χ2v) is 4.71. The lowest BCUT2D eigenvalue weighted by Crippen LogP contribution is -2.16. The average Bonchev–Trinajstić information content (AvgIpc) is 2.76. The highest BCUT2D eigenvalue weighted by molar-refractivity contribution is 6.05. The van der Waals surface area contributed by atoms with Crippen LogP contribution < -0.4 is 10.3 Å². The molecule has 1 aromatic heterocycles. The lowest BCUT2D eigenvalue weighted by Gasteiger charge is -2.05. The summed E-state index contributed by atoms with van der Waals surface area (Å²) in [6.45, 7) is 1.76. The second kappa shape index (κ2) is 4.94. The van der Waals surface area contributed by atoms with Gasteiger partial charge in [0.2, 0.25) is 0 Å². The third kappa shape index (κ3) is 2.23. The van der Waals surface area contributed by atoms with E-state index >= 15 is 0 Å². The van der Waals surface area contributed by atoms with Crippen molar-refractivity contribution in [1.82, 2.24) is 4.98 Å².